The third-order valence-corrected chi connectivity index (χ3v) is 4.72. The number of nitrogens with zero attached hydrogens (tertiary/aromatic N) is 4. The minimum absolute atomic E-state index is 0.486. The molecule has 1 aliphatic heterocycles. The highest BCUT2D eigenvalue weighted by atomic mass is 16.8. The van der Waals surface area contributed by atoms with Crippen LogP contribution in [0, 0.1) is 6.92 Å². The smallest absolute Gasteiger partial charge is 0.206 e. The van der Waals surface area contributed by atoms with E-state index in [2.05, 4.69) is 15.4 Å². The van der Waals surface area contributed by atoms with E-state index in [4.69, 9.17) is 18.9 Å². The predicted molar refractivity (Wildman–Crippen MR) is 98.9 cm³/mol. The van der Waals surface area contributed by atoms with Crippen molar-refractivity contribution in [2.45, 2.75) is 38.8 Å². The number of rotatable bonds is 8. The predicted octanol–water partition coefficient (Wildman–Crippen LogP) is 2.50. The van der Waals surface area contributed by atoms with Crippen LogP contribution in [0.3, 0.4) is 0 Å². The SMILES string of the molecule is COC1OC(C)(OC)C(CCCOc2ccccc2C)=C1c1nnn(C)n1. The summed E-state index contributed by atoms with van der Waals surface area (Å²) in [7, 11) is 4.92. The molecular formula is C19H26N4O4. The minimum Gasteiger partial charge on any atom is -0.493 e. The van der Waals surface area contributed by atoms with Gasteiger partial charge in [-0.3, -0.25) is 0 Å². The van der Waals surface area contributed by atoms with Gasteiger partial charge in [0.2, 0.25) is 5.82 Å². The molecule has 0 saturated carbocycles. The standard InChI is InChI=1S/C19H26N4O4/c1-13-9-6-7-11-15(13)26-12-8-10-14-16(17-20-22-23(3)21-17)18(24-4)27-19(14,2)25-5/h6-7,9,11,18H,8,10,12H2,1-5H3. The zero-order chi connectivity index (χ0) is 19.4. The highest BCUT2D eigenvalue weighted by Gasteiger charge is 2.45. The summed E-state index contributed by atoms with van der Waals surface area (Å²) in [6, 6.07) is 7.98. The molecule has 8 heteroatoms. The molecule has 1 aromatic heterocycles. The Kier molecular flexibility index (Phi) is 5.88. The van der Waals surface area contributed by atoms with Crippen molar-refractivity contribution in [1.29, 1.82) is 0 Å². The molecule has 27 heavy (non-hydrogen) atoms. The molecule has 2 unspecified atom stereocenters. The van der Waals surface area contributed by atoms with Crippen molar-refractivity contribution >= 4 is 5.57 Å². The maximum atomic E-state index is 5.99. The largest absolute Gasteiger partial charge is 0.493 e. The van der Waals surface area contributed by atoms with Crippen LogP contribution in [-0.2, 0) is 21.3 Å². The number of ether oxygens (including phenoxy) is 4. The lowest BCUT2D eigenvalue weighted by Gasteiger charge is -2.26. The van der Waals surface area contributed by atoms with E-state index in [-0.39, 0.29) is 0 Å². The first-order chi connectivity index (χ1) is 13.0. The number of aryl methyl sites for hydroxylation is 2. The van der Waals surface area contributed by atoms with Crippen molar-refractivity contribution in [2.75, 3.05) is 20.8 Å². The molecule has 0 amide bonds. The fourth-order valence-corrected chi connectivity index (χ4v) is 3.20. The van der Waals surface area contributed by atoms with E-state index in [1.165, 1.54) is 4.80 Å². The average Bonchev–Trinajstić information content (AvgIpc) is 3.21. The molecule has 1 aromatic carbocycles. The third kappa shape index (κ3) is 4.02. The summed E-state index contributed by atoms with van der Waals surface area (Å²) in [5.74, 6) is 0.479. The summed E-state index contributed by atoms with van der Waals surface area (Å²) in [5, 5.41) is 12.4. The molecule has 0 bridgehead atoms. The quantitative estimate of drug-likeness (QED) is 0.657. The van der Waals surface area contributed by atoms with Crippen LogP contribution in [-0.4, -0.2) is 53.1 Å². The van der Waals surface area contributed by atoms with Gasteiger partial charge in [0.25, 0.3) is 0 Å². The van der Waals surface area contributed by atoms with Gasteiger partial charge in [-0.25, -0.2) is 0 Å². The molecule has 0 N–H and O–H groups in total. The molecule has 2 atom stereocenters. The van der Waals surface area contributed by atoms with Crippen LogP contribution >= 0.6 is 0 Å². The number of hydrogen-bond donors (Lipinski definition) is 0. The Morgan fingerprint density at radius 3 is 2.67 bits per heavy atom. The van der Waals surface area contributed by atoms with E-state index in [0.29, 0.717) is 18.9 Å². The molecule has 0 saturated heterocycles. The van der Waals surface area contributed by atoms with Gasteiger partial charge in [0.15, 0.2) is 12.1 Å². The number of aromatic nitrogens is 4. The Labute approximate surface area is 159 Å². The molecule has 0 radical (unpaired) electrons. The fourth-order valence-electron chi connectivity index (χ4n) is 3.20. The number of tetrazole rings is 1. The first kappa shape index (κ1) is 19.5. The highest BCUT2D eigenvalue weighted by molar-refractivity contribution is 5.69. The van der Waals surface area contributed by atoms with Gasteiger partial charge < -0.3 is 18.9 Å². The Morgan fingerprint density at radius 2 is 2.04 bits per heavy atom. The molecule has 146 valence electrons. The Bertz CT molecular complexity index is 820. The number of hydrogen-bond acceptors (Lipinski definition) is 7. The zero-order valence-corrected chi connectivity index (χ0v) is 16.4. The second-order valence-electron chi connectivity index (χ2n) is 6.55. The van der Waals surface area contributed by atoms with Crippen LogP contribution in [0.2, 0.25) is 0 Å². The highest BCUT2D eigenvalue weighted by Crippen LogP contribution is 2.43. The van der Waals surface area contributed by atoms with Crippen molar-refractivity contribution in [3.8, 4) is 5.75 Å². The summed E-state index contributed by atoms with van der Waals surface area (Å²) in [4.78, 5) is 1.41. The fraction of sp³-hybridized carbons (Fsp3) is 0.526. The van der Waals surface area contributed by atoms with Crippen molar-refractivity contribution in [2.24, 2.45) is 7.05 Å². The molecule has 8 nitrogen and oxygen atoms in total. The molecule has 0 fully saturated rings. The molecule has 2 aromatic rings. The molecule has 1 aliphatic rings. The lowest BCUT2D eigenvalue weighted by Crippen LogP contribution is -2.31. The summed E-state index contributed by atoms with van der Waals surface area (Å²) in [5.41, 5.74) is 2.83. The molecule has 2 heterocycles. The van der Waals surface area contributed by atoms with Crippen LogP contribution in [0.1, 0.15) is 31.2 Å². The normalized spacial score (nSPS) is 22.5. The maximum Gasteiger partial charge on any atom is 0.206 e. The van der Waals surface area contributed by atoms with Crippen LogP contribution in [0.15, 0.2) is 29.8 Å². The van der Waals surface area contributed by atoms with Crippen LogP contribution in [0.4, 0.5) is 0 Å². The van der Waals surface area contributed by atoms with E-state index in [1.54, 1.807) is 21.3 Å². The van der Waals surface area contributed by atoms with Gasteiger partial charge in [-0.05, 0) is 43.5 Å². The van der Waals surface area contributed by atoms with Gasteiger partial charge in [-0.15, -0.1) is 10.2 Å². The zero-order valence-electron chi connectivity index (χ0n) is 16.4. The molecule has 0 spiro atoms. The molecule has 0 aliphatic carbocycles. The van der Waals surface area contributed by atoms with Gasteiger partial charge in [0, 0.05) is 19.8 Å². The van der Waals surface area contributed by atoms with Crippen LogP contribution in [0.25, 0.3) is 5.57 Å². The maximum absolute atomic E-state index is 5.99. The lowest BCUT2D eigenvalue weighted by atomic mass is 9.98. The third-order valence-electron chi connectivity index (χ3n) is 4.72. The van der Waals surface area contributed by atoms with Gasteiger partial charge in [0.1, 0.15) is 5.75 Å². The van der Waals surface area contributed by atoms with Crippen LogP contribution < -0.4 is 4.74 Å². The summed E-state index contributed by atoms with van der Waals surface area (Å²) >= 11 is 0. The van der Waals surface area contributed by atoms with Gasteiger partial charge >= 0.3 is 0 Å². The number of methoxy groups -OCH3 is 2. The number of para-hydroxylation sites is 1. The van der Waals surface area contributed by atoms with E-state index in [9.17, 15) is 0 Å². The summed E-state index contributed by atoms with van der Waals surface area (Å²) in [6.45, 7) is 4.48. The molecular weight excluding hydrogens is 348 g/mol. The second kappa shape index (κ2) is 8.16. The Balaban J connectivity index is 1.78. The van der Waals surface area contributed by atoms with E-state index < -0.39 is 12.1 Å². The first-order valence-corrected chi connectivity index (χ1v) is 8.90. The number of benzene rings is 1. The van der Waals surface area contributed by atoms with Crippen molar-refractivity contribution in [1.82, 2.24) is 20.2 Å². The molecule has 3 rings (SSSR count). The van der Waals surface area contributed by atoms with Gasteiger partial charge in [-0.1, -0.05) is 18.2 Å². The topological polar surface area (TPSA) is 80.5 Å². The van der Waals surface area contributed by atoms with Crippen LogP contribution in [0.5, 0.6) is 5.75 Å². The average molecular weight is 374 g/mol. The second-order valence-corrected chi connectivity index (χ2v) is 6.55. The summed E-state index contributed by atoms with van der Waals surface area (Å²) in [6.07, 6.45) is 0.877. The first-order valence-electron chi connectivity index (χ1n) is 8.90. The Hall–Kier alpha value is -2.29. The van der Waals surface area contributed by atoms with Crippen molar-refractivity contribution < 1.29 is 18.9 Å². The summed E-state index contributed by atoms with van der Waals surface area (Å²) < 4.78 is 23.1. The van der Waals surface area contributed by atoms with E-state index in [0.717, 1.165) is 28.9 Å². The van der Waals surface area contributed by atoms with E-state index >= 15 is 0 Å². The van der Waals surface area contributed by atoms with Gasteiger partial charge in [0.05, 0.1) is 19.2 Å². The van der Waals surface area contributed by atoms with Crippen molar-refractivity contribution in [3.63, 3.8) is 0 Å². The monoisotopic (exact) mass is 374 g/mol. The van der Waals surface area contributed by atoms with Gasteiger partial charge in [-0.2, -0.15) is 4.80 Å². The lowest BCUT2D eigenvalue weighted by molar-refractivity contribution is -0.235. The van der Waals surface area contributed by atoms with Crippen molar-refractivity contribution in [3.05, 3.63) is 41.2 Å². The minimum atomic E-state index is -0.905. The van der Waals surface area contributed by atoms with E-state index in [1.807, 2.05) is 38.1 Å². The Morgan fingerprint density at radius 1 is 1.26 bits per heavy atom.